The molecule has 1 amide bonds. The van der Waals surface area contributed by atoms with E-state index < -0.39 is 5.54 Å². The Kier molecular flexibility index (Phi) is 1.84. The van der Waals surface area contributed by atoms with Crippen molar-refractivity contribution in [2.24, 2.45) is 16.7 Å². The molecule has 1 saturated heterocycles. The van der Waals surface area contributed by atoms with Crippen molar-refractivity contribution in [2.75, 3.05) is 6.54 Å². The summed E-state index contributed by atoms with van der Waals surface area (Å²) in [5, 5.41) is 11.6. The number of nitrogens with zero attached hydrogens (tertiary/aromatic N) is 2. The summed E-state index contributed by atoms with van der Waals surface area (Å²) in [6.45, 7) is 6.87. The molecule has 0 spiro atoms. The van der Waals surface area contributed by atoms with Gasteiger partial charge >= 0.3 is 0 Å². The molecule has 92 valence electrons. The quantitative estimate of drug-likeness (QED) is 0.745. The third kappa shape index (κ3) is 0.924. The van der Waals surface area contributed by atoms with Crippen LogP contribution in [-0.4, -0.2) is 23.0 Å². The molecular weight excluding hydrogens is 214 g/mol. The van der Waals surface area contributed by atoms with E-state index in [0.29, 0.717) is 5.92 Å². The summed E-state index contributed by atoms with van der Waals surface area (Å²) < 4.78 is 0. The first kappa shape index (κ1) is 11.0. The molecule has 4 nitrogen and oxygen atoms in total. The van der Waals surface area contributed by atoms with Crippen LogP contribution in [0.15, 0.2) is 0 Å². The van der Waals surface area contributed by atoms with Gasteiger partial charge < -0.3 is 0 Å². The van der Waals surface area contributed by atoms with Gasteiger partial charge in [-0.25, -0.2) is 0 Å². The van der Waals surface area contributed by atoms with Crippen LogP contribution in [0.25, 0.3) is 0 Å². The summed E-state index contributed by atoms with van der Waals surface area (Å²) in [5.74, 6) is 0.576. The third-order valence-electron chi connectivity index (χ3n) is 6.03. The maximum atomic E-state index is 11.3. The van der Waals surface area contributed by atoms with E-state index in [1.54, 1.807) is 0 Å². The maximum Gasteiger partial charge on any atom is 0.231 e. The molecule has 1 heterocycles. The van der Waals surface area contributed by atoms with Gasteiger partial charge in [0.25, 0.3) is 0 Å². The topological polar surface area (TPSA) is 56.1 Å². The molecule has 4 heteroatoms. The van der Waals surface area contributed by atoms with Crippen molar-refractivity contribution in [3.8, 4) is 6.07 Å². The molecule has 3 aliphatic rings. The van der Waals surface area contributed by atoms with Gasteiger partial charge in [0.2, 0.25) is 5.91 Å². The van der Waals surface area contributed by atoms with E-state index in [2.05, 4.69) is 25.3 Å². The summed E-state index contributed by atoms with van der Waals surface area (Å²) in [5.41, 5.74) is 2.61. The van der Waals surface area contributed by atoms with Gasteiger partial charge in [0.1, 0.15) is 5.54 Å². The number of amides is 1. The van der Waals surface area contributed by atoms with Crippen molar-refractivity contribution >= 4 is 5.91 Å². The monoisotopic (exact) mass is 233 g/mol. The highest BCUT2D eigenvalue weighted by molar-refractivity contribution is 5.72. The number of rotatable bonds is 1. The van der Waals surface area contributed by atoms with Crippen LogP contribution in [0.4, 0.5) is 0 Å². The molecule has 17 heavy (non-hydrogen) atoms. The van der Waals surface area contributed by atoms with E-state index >= 15 is 0 Å². The average molecular weight is 233 g/mol. The highest BCUT2D eigenvalue weighted by Crippen LogP contribution is 2.75. The number of hydrogen-bond donors (Lipinski definition) is 1. The first-order valence-corrected chi connectivity index (χ1v) is 6.36. The van der Waals surface area contributed by atoms with Crippen molar-refractivity contribution in [3.05, 3.63) is 0 Å². The molecule has 4 atom stereocenters. The molecule has 1 N–H and O–H groups in total. The van der Waals surface area contributed by atoms with Crippen LogP contribution >= 0.6 is 0 Å². The standard InChI is InChI=1S/C13H19N3O/c1-9(17)15-16-8-11(2)10-4-5-12(11,3)13(16,6-10)7-14/h10H,4-6,8H2,1-3H3,(H,15,17)/t10-,11+,12-,13+/m1/s1. The lowest BCUT2D eigenvalue weighted by molar-refractivity contribution is -0.127. The number of nitriles is 1. The van der Waals surface area contributed by atoms with Crippen LogP contribution in [0.2, 0.25) is 0 Å². The number of hydrazine groups is 1. The lowest BCUT2D eigenvalue weighted by atomic mass is 9.66. The molecule has 3 fully saturated rings. The molecule has 4 bridgehead atoms. The minimum atomic E-state index is -0.476. The molecule has 2 aliphatic carbocycles. The molecule has 0 unspecified atom stereocenters. The summed E-state index contributed by atoms with van der Waals surface area (Å²) in [6.07, 6.45) is 3.26. The van der Waals surface area contributed by atoms with Gasteiger partial charge in [0.05, 0.1) is 6.07 Å². The van der Waals surface area contributed by atoms with Crippen LogP contribution < -0.4 is 5.43 Å². The Bertz CT molecular complexity index is 442. The highest BCUT2D eigenvalue weighted by atomic mass is 16.2. The molecule has 1 aliphatic heterocycles. The van der Waals surface area contributed by atoms with Gasteiger partial charge in [-0.1, -0.05) is 13.8 Å². The van der Waals surface area contributed by atoms with Gasteiger partial charge in [0.15, 0.2) is 0 Å². The predicted octanol–water partition coefficient (Wildman–Crippen LogP) is 1.44. The molecule has 2 saturated carbocycles. The summed E-state index contributed by atoms with van der Waals surface area (Å²) in [7, 11) is 0. The first-order valence-electron chi connectivity index (χ1n) is 6.36. The molecule has 3 rings (SSSR count). The van der Waals surface area contributed by atoms with Crippen molar-refractivity contribution in [1.29, 1.82) is 5.26 Å². The van der Waals surface area contributed by atoms with Crippen LogP contribution in [0.5, 0.6) is 0 Å². The molecule has 0 aromatic rings. The normalized spacial score (nSPS) is 51.5. The fourth-order valence-corrected chi connectivity index (χ4v) is 4.84. The van der Waals surface area contributed by atoms with Crippen LogP contribution in [-0.2, 0) is 4.79 Å². The van der Waals surface area contributed by atoms with Crippen LogP contribution in [0.1, 0.15) is 40.0 Å². The molecule has 0 radical (unpaired) electrons. The lowest BCUT2D eigenvalue weighted by Gasteiger charge is -2.42. The second-order valence-electron chi connectivity index (χ2n) is 6.42. The van der Waals surface area contributed by atoms with Crippen molar-refractivity contribution in [1.82, 2.24) is 10.4 Å². The Morgan fingerprint density at radius 2 is 2.24 bits per heavy atom. The molecule has 0 aromatic heterocycles. The number of nitrogens with one attached hydrogen (secondary N) is 1. The smallest absolute Gasteiger partial charge is 0.231 e. The Hall–Kier alpha value is -1.08. The lowest BCUT2D eigenvalue weighted by Crippen LogP contribution is -2.58. The van der Waals surface area contributed by atoms with Crippen LogP contribution in [0, 0.1) is 28.1 Å². The summed E-state index contributed by atoms with van der Waals surface area (Å²) >= 11 is 0. The Balaban J connectivity index is 2.07. The molecule has 0 aromatic carbocycles. The zero-order chi connectivity index (χ0) is 12.5. The minimum absolute atomic E-state index is 0.0296. The van der Waals surface area contributed by atoms with Crippen molar-refractivity contribution in [2.45, 2.75) is 45.6 Å². The van der Waals surface area contributed by atoms with E-state index in [0.717, 1.165) is 19.4 Å². The third-order valence-corrected chi connectivity index (χ3v) is 6.03. The van der Waals surface area contributed by atoms with Crippen molar-refractivity contribution < 1.29 is 4.79 Å². The number of hydrogen-bond acceptors (Lipinski definition) is 3. The number of piperidine rings is 1. The predicted molar refractivity (Wildman–Crippen MR) is 62.4 cm³/mol. The average Bonchev–Trinajstić information content (AvgIpc) is 2.68. The summed E-state index contributed by atoms with van der Waals surface area (Å²) in [4.78, 5) is 11.3. The fraction of sp³-hybridized carbons (Fsp3) is 0.846. The van der Waals surface area contributed by atoms with E-state index in [9.17, 15) is 10.1 Å². The van der Waals surface area contributed by atoms with Gasteiger partial charge in [-0.05, 0) is 30.6 Å². The Morgan fingerprint density at radius 1 is 1.53 bits per heavy atom. The van der Waals surface area contributed by atoms with Crippen LogP contribution in [0.3, 0.4) is 0 Å². The van der Waals surface area contributed by atoms with Crippen molar-refractivity contribution in [3.63, 3.8) is 0 Å². The number of carbonyl (C=O) groups excluding carboxylic acids is 1. The van der Waals surface area contributed by atoms with Gasteiger partial charge in [-0.3, -0.25) is 10.2 Å². The zero-order valence-corrected chi connectivity index (χ0v) is 10.7. The number of carbonyl (C=O) groups is 1. The van der Waals surface area contributed by atoms with E-state index in [4.69, 9.17) is 0 Å². The minimum Gasteiger partial charge on any atom is -0.288 e. The summed E-state index contributed by atoms with van der Waals surface area (Å²) in [6, 6.07) is 2.53. The maximum absolute atomic E-state index is 11.3. The van der Waals surface area contributed by atoms with Gasteiger partial charge in [-0.15, -0.1) is 0 Å². The SMILES string of the molecule is CC(=O)NN1C[C@@]2(C)[C@@H]3CC[C@@]2(C)[C@@]1(C#N)C3. The first-order chi connectivity index (χ1) is 7.89. The largest absolute Gasteiger partial charge is 0.288 e. The molecular formula is C13H19N3O. The van der Waals surface area contributed by atoms with Gasteiger partial charge in [0, 0.05) is 18.9 Å². The van der Waals surface area contributed by atoms with E-state index in [1.165, 1.54) is 13.3 Å². The Labute approximate surface area is 102 Å². The highest BCUT2D eigenvalue weighted by Gasteiger charge is 2.78. The van der Waals surface area contributed by atoms with Gasteiger partial charge in [-0.2, -0.15) is 10.3 Å². The fourth-order valence-electron chi connectivity index (χ4n) is 4.84. The second-order valence-corrected chi connectivity index (χ2v) is 6.42. The zero-order valence-electron chi connectivity index (χ0n) is 10.7. The van der Waals surface area contributed by atoms with E-state index in [1.807, 2.05) is 5.01 Å². The Morgan fingerprint density at radius 3 is 2.76 bits per heavy atom. The van der Waals surface area contributed by atoms with E-state index in [-0.39, 0.29) is 16.7 Å². The second kappa shape index (κ2) is 2.84.